The standard InChI is InChI=1S/C15H17N3O2.ClH/c1-10(19)11-6-2-3-7-12(11)13-17-14(18-20-13)15(16)8-4-5-9-15;/h2-3,6-7H,4-5,8-9,16H2,1H3;1H. The number of carbonyl (C=O) groups is 1. The second kappa shape index (κ2) is 5.95. The number of benzene rings is 1. The van der Waals surface area contributed by atoms with Gasteiger partial charge < -0.3 is 10.3 Å². The lowest BCUT2D eigenvalue weighted by molar-refractivity contribution is 0.101. The summed E-state index contributed by atoms with van der Waals surface area (Å²) < 4.78 is 5.33. The number of aromatic nitrogens is 2. The van der Waals surface area contributed by atoms with Gasteiger partial charge in [0, 0.05) is 5.56 Å². The van der Waals surface area contributed by atoms with E-state index in [4.69, 9.17) is 10.3 Å². The van der Waals surface area contributed by atoms with Crippen molar-refractivity contribution in [2.75, 3.05) is 0 Å². The zero-order valence-electron chi connectivity index (χ0n) is 11.8. The number of hydrogen-bond acceptors (Lipinski definition) is 5. The van der Waals surface area contributed by atoms with E-state index in [0.29, 0.717) is 22.8 Å². The third-order valence-corrected chi connectivity index (χ3v) is 3.90. The highest BCUT2D eigenvalue weighted by atomic mass is 35.5. The average Bonchev–Trinajstić information content (AvgIpc) is 3.08. The minimum atomic E-state index is -0.479. The minimum Gasteiger partial charge on any atom is -0.334 e. The lowest BCUT2D eigenvalue weighted by atomic mass is 9.98. The molecule has 0 amide bonds. The number of rotatable bonds is 3. The Kier molecular flexibility index (Phi) is 4.44. The van der Waals surface area contributed by atoms with Crippen molar-refractivity contribution < 1.29 is 9.32 Å². The van der Waals surface area contributed by atoms with Gasteiger partial charge in [0.15, 0.2) is 11.6 Å². The van der Waals surface area contributed by atoms with Gasteiger partial charge in [-0.2, -0.15) is 4.98 Å². The van der Waals surface area contributed by atoms with Gasteiger partial charge in [-0.1, -0.05) is 36.2 Å². The molecule has 0 saturated heterocycles. The van der Waals surface area contributed by atoms with Crippen molar-refractivity contribution in [3.05, 3.63) is 35.7 Å². The fraction of sp³-hybridized carbons (Fsp3) is 0.400. The van der Waals surface area contributed by atoms with Crippen molar-refractivity contribution in [2.45, 2.75) is 38.1 Å². The normalized spacial score (nSPS) is 16.5. The maximum Gasteiger partial charge on any atom is 0.258 e. The first-order valence-electron chi connectivity index (χ1n) is 6.83. The third-order valence-electron chi connectivity index (χ3n) is 3.90. The Hall–Kier alpha value is -1.72. The first kappa shape index (κ1) is 15.7. The molecule has 6 heteroatoms. The smallest absolute Gasteiger partial charge is 0.258 e. The van der Waals surface area contributed by atoms with Gasteiger partial charge in [-0.05, 0) is 25.8 Å². The van der Waals surface area contributed by atoms with Crippen molar-refractivity contribution in [1.82, 2.24) is 10.1 Å². The van der Waals surface area contributed by atoms with E-state index < -0.39 is 5.54 Å². The minimum absolute atomic E-state index is 0. The number of nitrogens with two attached hydrogens (primary N) is 1. The monoisotopic (exact) mass is 307 g/mol. The van der Waals surface area contributed by atoms with Gasteiger partial charge in [0.05, 0.1) is 11.1 Å². The van der Waals surface area contributed by atoms with Gasteiger partial charge in [-0.3, -0.25) is 4.79 Å². The van der Waals surface area contributed by atoms with E-state index in [-0.39, 0.29) is 18.2 Å². The quantitative estimate of drug-likeness (QED) is 0.881. The van der Waals surface area contributed by atoms with E-state index in [1.54, 1.807) is 6.07 Å². The van der Waals surface area contributed by atoms with Crippen LogP contribution in [0.25, 0.3) is 11.5 Å². The Balaban J connectivity index is 0.00000161. The summed E-state index contributed by atoms with van der Waals surface area (Å²) in [5.41, 5.74) is 7.09. The Morgan fingerprint density at radius 2 is 1.95 bits per heavy atom. The first-order valence-corrected chi connectivity index (χ1v) is 6.83. The molecule has 0 bridgehead atoms. The largest absolute Gasteiger partial charge is 0.334 e. The molecule has 1 aliphatic rings. The fourth-order valence-corrected chi connectivity index (χ4v) is 2.74. The Bertz CT molecular complexity index is 648. The van der Waals surface area contributed by atoms with Crippen LogP contribution < -0.4 is 5.73 Å². The molecular weight excluding hydrogens is 290 g/mol. The highest BCUT2D eigenvalue weighted by molar-refractivity contribution is 5.99. The molecule has 1 aromatic heterocycles. The maximum atomic E-state index is 11.7. The van der Waals surface area contributed by atoms with Crippen molar-refractivity contribution in [2.24, 2.45) is 5.73 Å². The van der Waals surface area contributed by atoms with E-state index >= 15 is 0 Å². The molecule has 0 atom stereocenters. The van der Waals surface area contributed by atoms with Crippen LogP contribution in [0.2, 0.25) is 0 Å². The van der Waals surface area contributed by atoms with E-state index in [9.17, 15) is 4.79 Å². The van der Waals surface area contributed by atoms with Crippen LogP contribution in [0.4, 0.5) is 0 Å². The van der Waals surface area contributed by atoms with Crippen molar-refractivity contribution in [3.8, 4) is 11.5 Å². The molecule has 112 valence electrons. The number of carbonyl (C=O) groups excluding carboxylic acids is 1. The SMILES string of the molecule is CC(=O)c1ccccc1-c1nc(C2(N)CCCC2)no1.Cl. The lowest BCUT2D eigenvalue weighted by Crippen LogP contribution is -2.34. The first-order chi connectivity index (χ1) is 9.60. The van der Waals surface area contributed by atoms with Crippen molar-refractivity contribution in [1.29, 1.82) is 0 Å². The highest BCUT2D eigenvalue weighted by Crippen LogP contribution is 2.35. The van der Waals surface area contributed by atoms with E-state index in [1.165, 1.54) is 6.92 Å². The van der Waals surface area contributed by atoms with Crippen LogP contribution >= 0.6 is 12.4 Å². The second-order valence-electron chi connectivity index (χ2n) is 5.39. The van der Waals surface area contributed by atoms with Crippen LogP contribution in [-0.2, 0) is 5.54 Å². The Morgan fingerprint density at radius 3 is 2.62 bits per heavy atom. The van der Waals surface area contributed by atoms with Crippen LogP contribution in [0.5, 0.6) is 0 Å². The van der Waals surface area contributed by atoms with Crippen LogP contribution in [0.15, 0.2) is 28.8 Å². The maximum absolute atomic E-state index is 11.7. The molecule has 5 nitrogen and oxygen atoms in total. The summed E-state index contributed by atoms with van der Waals surface area (Å²) >= 11 is 0. The summed E-state index contributed by atoms with van der Waals surface area (Å²) in [5, 5.41) is 4.02. The van der Waals surface area contributed by atoms with E-state index in [0.717, 1.165) is 25.7 Å². The summed E-state index contributed by atoms with van der Waals surface area (Å²) in [6.45, 7) is 1.53. The van der Waals surface area contributed by atoms with Crippen molar-refractivity contribution in [3.63, 3.8) is 0 Å². The number of ketones is 1. The number of nitrogens with zero attached hydrogens (tertiary/aromatic N) is 2. The van der Waals surface area contributed by atoms with E-state index in [1.807, 2.05) is 18.2 Å². The van der Waals surface area contributed by atoms with Crippen LogP contribution in [0.1, 0.15) is 48.8 Å². The van der Waals surface area contributed by atoms with Gasteiger partial charge in [0.1, 0.15) is 0 Å². The molecule has 1 aromatic carbocycles. The molecule has 1 fully saturated rings. The van der Waals surface area contributed by atoms with E-state index in [2.05, 4.69) is 10.1 Å². The molecule has 21 heavy (non-hydrogen) atoms. The molecule has 0 aliphatic heterocycles. The van der Waals surface area contributed by atoms with Gasteiger partial charge in [0.25, 0.3) is 5.89 Å². The third kappa shape index (κ3) is 2.84. The number of Topliss-reactive ketones (excluding diaryl/α,β-unsaturated/α-hetero) is 1. The predicted molar refractivity (Wildman–Crippen MR) is 81.3 cm³/mol. The molecule has 2 N–H and O–H groups in total. The van der Waals surface area contributed by atoms with Crippen LogP contribution in [0, 0.1) is 0 Å². The molecule has 0 spiro atoms. The average molecular weight is 308 g/mol. The summed E-state index contributed by atoms with van der Waals surface area (Å²) in [5.74, 6) is 0.884. The predicted octanol–water partition coefficient (Wildman–Crippen LogP) is 3.09. The Labute approximate surface area is 129 Å². The van der Waals surface area contributed by atoms with Crippen LogP contribution in [-0.4, -0.2) is 15.9 Å². The molecule has 2 aromatic rings. The molecule has 1 aliphatic carbocycles. The molecule has 0 unspecified atom stereocenters. The van der Waals surface area contributed by atoms with Gasteiger partial charge in [-0.15, -0.1) is 12.4 Å². The highest BCUT2D eigenvalue weighted by Gasteiger charge is 2.36. The zero-order valence-corrected chi connectivity index (χ0v) is 12.7. The molecule has 1 heterocycles. The molecular formula is C15H18ClN3O2. The van der Waals surface area contributed by atoms with Crippen LogP contribution in [0.3, 0.4) is 0 Å². The summed E-state index contributed by atoms with van der Waals surface area (Å²) in [6.07, 6.45) is 3.93. The topological polar surface area (TPSA) is 82.0 Å². The molecule has 1 saturated carbocycles. The van der Waals surface area contributed by atoms with Crippen molar-refractivity contribution >= 4 is 18.2 Å². The van der Waals surface area contributed by atoms with Gasteiger partial charge in [0.2, 0.25) is 0 Å². The Morgan fingerprint density at radius 1 is 1.29 bits per heavy atom. The summed E-state index contributed by atoms with van der Waals surface area (Å²) in [7, 11) is 0. The molecule has 0 radical (unpaired) electrons. The number of hydrogen-bond donors (Lipinski definition) is 1. The summed E-state index contributed by atoms with van der Waals surface area (Å²) in [4.78, 5) is 16.1. The summed E-state index contributed by atoms with van der Waals surface area (Å²) in [6, 6.07) is 7.24. The number of halogens is 1. The lowest BCUT2D eigenvalue weighted by Gasteiger charge is -2.17. The second-order valence-corrected chi connectivity index (χ2v) is 5.39. The van der Waals surface area contributed by atoms with Gasteiger partial charge >= 0.3 is 0 Å². The fourth-order valence-electron chi connectivity index (χ4n) is 2.74. The van der Waals surface area contributed by atoms with Gasteiger partial charge in [-0.25, -0.2) is 0 Å². The zero-order chi connectivity index (χ0) is 14.2. The molecule has 3 rings (SSSR count).